The molecule has 0 unspecified atom stereocenters. The Labute approximate surface area is 48.6 Å². The number of hydrogen-bond donors (Lipinski definition) is 0. The van der Waals surface area contributed by atoms with Crippen LogP contribution in [0.2, 0.25) is 0 Å². The topological polar surface area (TPSA) is 47.6 Å². The van der Waals surface area contributed by atoms with E-state index in [9.17, 15) is 0 Å². The first kappa shape index (κ1) is 9.20. The molecule has 0 rings (SSSR count). The van der Waals surface area contributed by atoms with E-state index in [-0.39, 0.29) is 36.8 Å². The molecular formula is C2H6N2Te. The van der Waals surface area contributed by atoms with Gasteiger partial charge in [0, 0.05) is 0 Å². The van der Waals surface area contributed by atoms with Gasteiger partial charge in [0.05, 0.1) is 0 Å². The Morgan fingerprint density at radius 2 is 1.20 bits per heavy atom. The summed E-state index contributed by atoms with van der Waals surface area (Å²) in [5, 5.41) is 0. The van der Waals surface area contributed by atoms with Crippen molar-refractivity contribution in [2.75, 3.05) is 13.1 Å². The third-order valence-corrected chi connectivity index (χ3v) is 0.125. The third-order valence-electron chi connectivity index (χ3n) is 0.125. The molecule has 4 radical (unpaired) electrons. The van der Waals surface area contributed by atoms with Crippen molar-refractivity contribution >= 4 is 23.7 Å². The van der Waals surface area contributed by atoms with E-state index in [0.717, 1.165) is 0 Å². The summed E-state index contributed by atoms with van der Waals surface area (Å²) in [7, 11) is 0. The van der Waals surface area contributed by atoms with Crippen LogP contribution in [0, 0.1) is 0 Å². The van der Waals surface area contributed by atoms with E-state index in [1.54, 1.807) is 0 Å². The summed E-state index contributed by atoms with van der Waals surface area (Å²) in [4.78, 5) is 0. The molecule has 0 bridgehead atoms. The number of rotatable bonds is 1. The second-order valence-electron chi connectivity index (χ2n) is 0.500. The largest absolute Gasteiger partial charge is 2.00 e. The van der Waals surface area contributed by atoms with Crippen molar-refractivity contribution in [3.63, 3.8) is 0 Å². The molecule has 0 amide bonds. The van der Waals surface area contributed by atoms with E-state index in [4.69, 9.17) is 11.5 Å². The maximum absolute atomic E-state index is 6.26. The van der Waals surface area contributed by atoms with Crippen LogP contribution in [-0.2, 0) is 0 Å². The van der Waals surface area contributed by atoms with Crippen LogP contribution in [0.15, 0.2) is 0 Å². The van der Waals surface area contributed by atoms with Gasteiger partial charge in [0.25, 0.3) is 0 Å². The van der Waals surface area contributed by atoms with E-state index in [0.29, 0.717) is 0 Å². The summed E-state index contributed by atoms with van der Waals surface area (Å²) in [6.45, 7) is 0.472. The van der Waals surface area contributed by atoms with Gasteiger partial charge in [-0.3, -0.25) is 0 Å². The summed E-state index contributed by atoms with van der Waals surface area (Å²) in [5.74, 6) is 0. The van der Waals surface area contributed by atoms with Gasteiger partial charge >= 0.3 is 23.7 Å². The van der Waals surface area contributed by atoms with E-state index >= 15 is 0 Å². The average molecular weight is 186 g/mol. The Balaban J connectivity index is 0. The standard InChI is InChI=1S/C2H6N2.Te/c3-1-2-4;/h3-4H,1-2H2;/q-2;+2. The van der Waals surface area contributed by atoms with Crippen LogP contribution in [0.4, 0.5) is 0 Å². The zero-order valence-electron chi connectivity index (χ0n) is 2.82. The molecule has 0 aromatic carbocycles. The van der Waals surface area contributed by atoms with E-state index in [1.165, 1.54) is 0 Å². The fraction of sp³-hybridized carbons (Fsp3) is 1.00. The molecule has 3 heteroatoms. The van der Waals surface area contributed by atoms with Gasteiger partial charge in [-0.25, -0.2) is 0 Å². The van der Waals surface area contributed by atoms with Gasteiger partial charge in [-0.05, 0) is 0 Å². The maximum atomic E-state index is 6.26. The van der Waals surface area contributed by atoms with Gasteiger partial charge in [-0.1, -0.05) is 0 Å². The first-order chi connectivity index (χ1) is 1.91. The first-order valence-electron chi connectivity index (χ1n) is 1.21. The molecule has 0 atom stereocenters. The minimum Gasteiger partial charge on any atom is -0.679 e. The van der Waals surface area contributed by atoms with Gasteiger partial charge in [0.1, 0.15) is 0 Å². The molecule has 0 aliphatic carbocycles. The molecule has 0 fully saturated rings. The predicted molar refractivity (Wildman–Crippen MR) is 24.1 cm³/mol. The fourth-order valence-electron chi connectivity index (χ4n) is 0. The Bertz CT molecular complexity index is 9.61. The van der Waals surface area contributed by atoms with Crippen molar-refractivity contribution in [1.82, 2.24) is 0 Å². The molecule has 30 valence electrons. The van der Waals surface area contributed by atoms with Crippen molar-refractivity contribution < 1.29 is 0 Å². The first-order valence-corrected chi connectivity index (χ1v) is 1.21. The monoisotopic (exact) mass is 188 g/mol. The molecule has 2 nitrogen and oxygen atoms in total. The van der Waals surface area contributed by atoms with Crippen LogP contribution in [0.3, 0.4) is 0 Å². The van der Waals surface area contributed by atoms with Crippen molar-refractivity contribution in [2.45, 2.75) is 0 Å². The summed E-state index contributed by atoms with van der Waals surface area (Å²) in [6, 6.07) is 0. The second kappa shape index (κ2) is 8.83. The summed E-state index contributed by atoms with van der Waals surface area (Å²) in [5.41, 5.74) is 12.5. The van der Waals surface area contributed by atoms with Crippen LogP contribution in [0.5, 0.6) is 0 Å². The summed E-state index contributed by atoms with van der Waals surface area (Å²) in [6.07, 6.45) is 0. The SMILES string of the molecule is [NH-]CC[NH-].[Te+2]. The predicted octanol–water partition coefficient (Wildman–Crippen LogP) is 0.710. The minimum atomic E-state index is 0. The van der Waals surface area contributed by atoms with Gasteiger partial charge in [0.2, 0.25) is 0 Å². The quantitative estimate of drug-likeness (QED) is 0.541. The normalized spacial score (nSPS) is 6.00. The number of hydrogen-bond acceptors (Lipinski definition) is 0. The molecule has 0 aromatic rings. The van der Waals surface area contributed by atoms with Crippen LogP contribution >= 0.6 is 0 Å². The van der Waals surface area contributed by atoms with Gasteiger partial charge in [0.15, 0.2) is 0 Å². The van der Waals surface area contributed by atoms with Crippen molar-refractivity contribution in [3.8, 4) is 0 Å². The summed E-state index contributed by atoms with van der Waals surface area (Å²) < 4.78 is 0. The van der Waals surface area contributed by atoms with E-state index in [1.807, 2.05) is 0 Å². The van der Waals surface area contributed by atoms with Gasteiger partial charge in [-0.15, -0.1) is 0 Å². The van der Waals surface area contributed by atoms with Crippen molar-refractivity contribution in [1.29, 1.82) is 0 Å². The average Bonchev–Trinajstić information content (AvgIpc) is 1.37. The molecule has 0 spiro atoms. The van der Waals surface area contributed by atoms with Crippen LogP contribution in [-0.4, -0.2) is 36.8 Å². The zero-order chi connectivity index (χ0) is 3.41. The van der Waals surface area contributed by atoms with E-state index in [2.05, 4.69) is 0 Å². The summed E-state index contributed by atoms with van der Waals surface area (Å²) >= 11 is 0. The smallest absolute Gasteiger partial charge is 0.679 e. The Morgan fingerprint density at radius 1 is 1.00 bits per heavy atom. The second-order valence-corrected chi connectivity index (χ2v) is 0.500. The van der Waals surface area contributed by atoms with Crippen LogP contribution in [0.1, 0.15) is 0 Å². The minimum absolute atomic E-state index is 0. The van der Waals surface area contributed by atoms with Gasteiger partial charge < -0.3 is 11.5 Å². The third kappa shape index (κ3) is 11.8. The molecule has 0 aliphatic rings. The molecule has 0 aromatic heterocycles. The van der Waals surface area contributed by atoms with Crippen molar-refractivity contribution in [2.24, 2.45) is 0 Å². The molecule has 0 heterocycles. The molecule has 2 N–H and O–H groups in total. The van der Waals surface area contributed by atoms with Gasteiger partial charge in [-0.2, -0.15) is 13.1 Å². The molecular weight excluding hydrogens is 180 g/mol. The molecule has 0 saturated carbocycles. The Morgan fingerprint density at radius 3 is 1.20 bits per heavy atom. The number of nitrogens with one attached hydrogen (secondary N) is 2. The Kier molecular flexibility index (Phi) is 16.2. The molecule has 5 heavy (non-hydrogen) atoms. The van der Waals surface area contributed by atoms with Crippen molar-refractivity contribution in [3.05, 3.63) is 11.5 Å². The zero-order valence-corrected chi connectivity index (χ0v) is 5.15. The molecule has 0 aliphatic heterocycles. The van der Waals surface area contributed by atoms with E-state index < -0.39 is 0 Å². The maximum Gasteiger partial charge on any atom is 2.00 e. The van der Waals surface area contributed by atoms with Crippen LogP contribution in [0.25, 0.3) is 11.5 Å². The Hall–Kier alpha value is 0.710. The van der Waals surface area contributed by atoms with Crippen LogP contribution < -0.4 is 0 Å². The molecule has 0 saturated heterocycles. The fourth-order valence-corrected chi connectivity index (χ4v) is 0.